The molecule has 0 radical (unpaired) electrons. The lowest BCUT2D eigenvalue weighted by molar-refractivity contribution is -0.132. The van der Waals surface area contributed by atoms with Crippen LogP contribution in [0.3, 0.4) is 0 Å². The molecule has 2 aliphatic rings. The van der Waals surface area contributed by atoms with Gasteiger partial charge in [0.05, 0.1) is 41.4 Å². The number of hydrogen-bond donors (Lipinski definition) is 3. The maximum absolute atomic E-state index is 14.0. The Balaban J connectivity index is 1.42. The zero-order valence-electron chi connectivity index (χ0n) is 23.8. The zero-order valence-corrected chi connectivity index (χ0v) is 26.1. The van der Waals surface area contributed by atoms with Gasteiger partial charge in [0, 0.05) is 11.6 Å². The first-order valence-corrected chi connectivity index (χ1v) is 16.7. The molecule has 228 valence electrons. The number of nitrogens with one attached hydrogen (secondary N) is 3. The lowest BCUT2D eigenvalue weighted by atomic mass is 9.75. The van der Waals surface area contributed by atoms with Crippen LogP contribution < -0.4 is 20.1 Å². The van der Waals surface area contributed by atoms with Crippen LogP contribution in [-0.4, -0.2) is 58.8 Å². The van der Waals surface area contributed by atoms with E-state index in [4.69, 9.17) is 27.9 Å². The molecular formula is C31H35Cl2N4O5S+. The molecular weight excluding hydrogens is 611 g/mol. The highest BCUT2D eigenvalue weighted by atomic mass is 35.5. The number of hydrogen-bond acceptors (Lipinski definition) is 6. The van der Waals surface area contributed by atoms with E-state index >= 15 is 0 Å². The standard InChI is InChI=1S/C31H34Cl2N4O5S/c1-43(40,41)37(21-31(13-15-34-16-14-31)24-9-5-6-10-28(24)37)36-30(39)27(20-42-19-22-7-3-2-4-8-22)35-29(38)18-23-11-12-25(32)26(33)17-23/h2-12,17,27,34H,13-16,18-21H2,1H3,(H-,35,36,38,39)/p+1. The molecule has 3 aromatic carbocycles. The fourth-order valence-electron chi connectivity index (χ4n) is 6.03. The van der Waals surface area contributed by atoms with Crippen LogP contribution in [0, 0.1) is 0 Å². The summed E-state index contributed by atoms with van der Waals surface area (Å²) in [4.78, 5) is 27.2. The third-order valence-corrected chi connectivity index (χ3v) is 10.5. The molecule has 2 amide bonds. The third-order valence-electron chi connectivity index (χ3n) is 8.20. The largest absolute Gasteiger partial charge is 0.374 e. The fourth-order valence-corrected chi connectivity index (χ4v) is 7.61. The Morgan fingerprint density at radius 3 is 2.37 bits per heavy atom. The Morgan fingerprint density at radius 2 is 1.67 bits per heavy atom. The minimum Gasteiger partial charge on any atom is -0.374 e. The summed E-state index contributed by atoms with van der Waals surface area (Å²) in [6, 6.07) is 20.5. The fraction of sp³-hybridized carbons (Fsp3) is 0.355. The van der Waals surface area contributed by atoms with Crippen LogP contribution in [0.15, 0.2) is 72.8 Å². The molecule has 2 heterocycles. The van der Waals surface area contributed by atoms with E-state index in [9.17, 15) is 18.0 Å². The van der Waals surface area contributed by atoms with Crippen LogP contribution >= 0.6 is 23.2 Å². The van der Waals surface area contributed by atoms with Gasteiger partial charge in [-0.15, -0.1) is 0 Å². The van der Waals surface area contributed by atoms with Crippen molar-refractivity contribution in [1.82, 2.24) is 20.1 Å². The van der Waals surface area contributed by atoms with Crippen LogP contribution in [0.5, 0.6) is 0 Å². The molecule has 0 saturated carbocycles. The van der Waals surface area contributed by atoms with Gasteiger partial charge in [0.15, 0.2) is 5.69 Å². The van der Waals surface area contributed by atoms with Gasteiger partial charge in [0.1, 0.15) is 12.6 Å². The van der Waals surface area contributed by atoms with Gasteiger partial charge in [-0.05, 0) is 49.2 Å². The molecule has 12 heteroatoms. The van der Waals surface area contributed by atoms with Crippen molar-refractivity contribution in [1.29, 1.82) is 0 Å². The Labute approximate surface area is 262 Å². The Kier molecular flexibility index (Phi) is 9.46. The van der Waals surface area contributed by atoms with Crippen molar-refractivity contribution in [3.05, 3.63) is 99.5 Å². The van der Waals surface area contributed by atoms with Crippen LogP contribution in [0.25, 0.3) is 0 Å². The molecule has 43 heavy (non-hydrogen) atoms. The van der Waals surface area contributed by atoms with Crippen molar-refractivity contribution >= 4 is 50.7 Å². The van der Waals surface area contributed by atoms with Gasteiger partial charge in [-0.25, -0.2) is 0 Å². The van der Waals surface area contributed by atoms with E-state index < -0.39 is 37.3 Å². The van der Waals surface area contributed by atoms with Gasteiger partial charge in [-0.1, -0.05) is 81.8 Å². The second-order valence-electron chi connectivity index (χ2n) is 11.2. The summed E-state index contributed by atoms with van der Waals surface area (Å²) in [5.74, 6) is -1.12. The molecule has 3 aromatic rings. The van der Waals surface area contributed by atoms with E-state index in [-0.39, 0.29) is 26.2 Å². The second kappa shape index (κ2) is 12.9. The number of fused-ring (bicyclic) bond motifs is 2. The van der Waals surface area contributed by atoms with Crippen LogP contribution in [0.1, 0.15) is 29.5 Å². The highest BCUT2D eigenvalue weighted by molar-refractivity contribution is 7.90. The van der Waals surface area contributed by atoms with Crippen molar-refractivity contribution in [3.8, 4) is 0 Å². The average molecular weight is 647 g/mol. The number of nitrogens with zero attached hydrogens (tertiary/aromatic N) is 1. The molecule has 2 atom stereocenters. The molecule has 5 rings (SSSR count). The van der Waals surface area contributed by atoms with Gasteiger partial charge in [0.2, 0.25) is 5.91 Å². The molecule has 1 fully saturated rings. The third kappa shape index (κ3) is 6.74. The topological polar surface area (TPSA) is 114 Å². The number of sulfonamides is 1. The number of rotatable bonds is 10. The molecule has 2 aliphatic heterocycles. The Bertz CT molecular complexity index is 1600. The second-order valence-corrected chi connectivity index (χ2v) is 14.1. The molecule has 0 bridgehead atoms. The van der Waals surface area contributed by atoms with Crippen LogP contribution in [0.2, 0.25) is 10.0 Å². The van der Waals surface area contributed by atoms with E-state index in [1.807, 2.05) is 42.5 Å². The first-order chi connectivity index (χ1) is 20.5. The predicted molar refractivity (Wildman–Crippen MR) is 168 cm³/mol. The van der Waals surface area contributed by atoms with Crippen LogP contribution in [0.4, 0.5) is 5.69 Å². The molecule has 9 nitrogen and oxygen atoms in total. The highest BCUT2D eigenvalue weighted by Crippen LogP contribution is 2.50. The average Bonchev–Trinajstić information content (AvgIpc) is 3.25. The van der Waals surface area contributed by atoms with Crippen molar-refractivity contribution in [2.75, 3.05) is 32.5 Å². The van der Waals surface area contributed by atoms with Crippen molar-refractivity contribution in [2.24, 2.45) is 0 Å². The number of benzene rings is 3. The minimum atomic E-state index is -3.93. The monoisotopic (exact) mass is 645 g/mol. The summed E-state index contributed by atoms with van der Waals surface area (Å²) >= 11 is 12.1. The van der Waals surface area contributed by atoms with Gasteiger partial charge >= 0.3 is 10.0 Å². The Morgan fingerprint density at radius 1 is 0.977 bits per heavy atom. The van der Waals surface area contributed by atoms with Gasteiger partial charge < -0.3 is 15.4 Å². The number of amides is 2. The van der Waals surface area contributed by atoms with Crippen molar-refractivity contribution in [2.45, 2.75) is 37.3 Å². The number of piperidine rings is 1. The molecule has 2 unspecified atom stereocenters. The molecule has 0 aromatic heterocycles. The first-order valence-electron chi connectivity index (χ1n) is 14.1. The maximum atomic E-state index is 14.0. The first kappa shape index (κ1) is 31.4. The van der Waals surface area contributed by atoms with E-state index in [0.717, 1.165) is 43.3 Å². The van der Waals surface area contributed by atoms with Crippen molar-refractivity contribution < 1.29 is 22.7 Å². The summed E-state index contributed by atoms with van der Waals surface area (Å²) < 4.78 is 32.4. The number of quaternary nitrogens is 1. The van der Waals surface area contributed by atoms with Crippen molar-refractivity contribution in [3.63, 3.8) is 0 Å². The van der Waals surface area contributed by atoms with E-state index in [1.54, 1.807) is 30.3 Å². The maximum Gasteiger partial charge on any atom is 0.321 e. The molecule has 1 spiro atoms. The lowest BCUT2D eigenvalue weighted by Crippen LogP contribution is -2.68. The quantitative estimate of drug-likeness (QED) is 0.289. The number of ether oxygens (including phenoxy) is 1. The van der Waals surface area contributed by atoms with E-state index in [2.05, 4.69) is 16.1 Å². The van der Waals surface area contributed by atoms with E-state index in [1.165, 1.54) is 0 Å². The SMILES string of the molecule is CS(=O)(=O)[N+]1(NC(=O)C(COCc2ccccc2)NC(=O)Cc2ccc(Cl)c(Cl)c2)CC2(CCNCC2)c2ccccc21. The normalized spacial score (nSPS) is 19.9. The predicted octanol–water partition coefficient (Wildman–Crippen LogP) is 3.87. The van der Waals surface area contributed by atoms with Gasteiger partial charge in [-0.3, -0.25) is 9.59 Å². The summed E-state index contributed by atoms with van der Waals surface area (Å²) in [5, 5.41) is 6.79. The Hall–Kier alpha value is -2.99. The molecule has 1 saturated heterocycles. The smallest absolute Gasteiger partial charge is 0.321 e. The number of carbonyl (C=O) groups is 2. The molecule has 0 aliphatic carbocycles. The van der Waals surface area contributed by atoms with Gasteiger partial charge in [-0.2, -0.15) is 13.8 Å². The summed E-state index contributed by atoms with van der Waals surface area (Å²) in [6.45, 7) is 1.68. The summed E-state index contributed by atoms with van der Waals surface area (Å²) in [6.07, 6.45) is 2.54. The number of para-hydroxylation sites is 1. The highest BCUT2D eigenvalue weighted by Gasteiger charge is 2.60. The number of halogens is 2. The summed E-state index contributed by atoms with van der Waals surface area (Å²) in [5.41, 5.74) is 5.37. The van der Waals surface area contributed by atoms with Crippen LogP contribution in [-0.2, 0) is 42.8 Å². The zero-order chi connectivity index (χ0) is 30.7. The molecule has 3 N–H and O–H groups in total. The minimum absolute atomic E-state index is 0.0651. The van der Waals surface area contributed by atoms with E-state index in [0.29, 0.717) is 21.3 Å². The summed E-state index contributed by atoms with van der Waals surface area (Å²) in [7, 11) is -3.93. The lowest BCUT2D eigenvalue weighted by Gasteiger charge is -2.36. The number of carbonyl (C=O) groups excluding carboxylic acids is 2. The van der Waals surface area contributed by atoms with Gasteiger partial charge in [0.25, 0.3) is 5.91 Å².